The zero-order chi connectivity index (χ0) is 27.0. The van der Waals surface area contributed by atoms with Crippen LogP contribution in [-0.4, -0.2) is 18.7 Å². The molecule has 0 spiro atoms. The summed E-state index contributed by atoms with van der Waals surface area (Å²) in [5.41, 5.74) is 0.669. The molecule has 0 atom stereocenters. The van der Waals surface area contributed by atoms with Crippen molar-refractivity contribution in [1.82, 2.24) is 0 Å². The lowest BCUT2D eigenvalue weighted by Crippen LogP contribution is -2.25. The molecule has 0 saturated heterocycles. The minimum Gasteiger partial charge on any atom is -0.493 e. The summed E-state index contributed by atoms with van der Waals surface area (Å²) in [7, 11) is 1.39. The van der Waals surface area contributed by atoms with Gasteiger partial charge < -0.3 is 9.47 Å². The van der Waals surface area contributed by atoms with Crippen LogP contribution in [0, 0.1) is 36.0 Å². The summed E-state index contributed by atoms with van der Waals surface area (Å²) in [5, 5.41) is 3.99. The fourth-order valence-electron chi connectivity index (χ4n) is 3.58. The number of halogens is 6. The van der Waals surface area contributed by atoms with Crippen molar-refractivity contribution in [3.8, 4) is 11.5 Å². The predicted molar refractivity (Wildman–Crippen MR) is 128 cm³/mol. The number of ether oxygens (including phenoxy) is 2. The van der Waals surface area contributed by atoms with Gasteiger partial charge in [-0.3, -0.25) is 4.79 Å². The van der Waals surface area contributed by atoms with E-state index in [-0.39, 0.29) is 39.4 Å². The quantitative estimate of drug-likeness (QED) is 0.152. The lowest BCUT2D eigenvalue weighted by atomic mass is 10.1. The van der Waals surface area contributed by atoms with Gasteiger partial charge in [0.1, 0.15) is 12.3 Å². The number of amides is 1. The zero-order valence-corrected chi connectivity index (χ0v) is 20.4. The number of carbonyl (C=O) groups is 1. The van der Waals surface area contributed by atoms with E-state index in [4.69, 9.17) is 21.1 Å². The fraction of sp³-hybridized carbons (Fsp3) is 0.154. The van der Waals surface area contributed by atoms with Crippen LogP contribution in [-0.2, 0) is 11.4 Å². The van der Waals surface area contributed by atoms with E-state index in [1.165, 1.54) is 32.2 Å². The Bertz CT molecular complexity index is 1440. The van der Waals surface area contributed by atoms with Gasteiger partial charge in [-0.2, -0.15) is 10.1 Å². The second kappa shape index (κ2) is 10.2. The highest BCUT2D eigenvalue weighted by Crippen LogP contribution is 2.39. The van der Waals surface area contributed by atoms with Crippen molar-refractivity contribution in [2.75, 3.05) is 12.1 Å². The van der Waals surface area contributed by atoms with Gasteiger partial charge in [-0.05, 0) is 43.2 Å². The van der Waals surface area contributed by atoms with Gasteiger partial charge in [0.2, 0.25) is 5.82 Å². The van der Waals surface area contributed by atoms with E-state index in [1.807, 2.05) is 31.2 Å². The maximum Gasteiger partial charge on any atom is 0.280 e. The summed E-state index contributed by atoms with van der Waals surface area (Å²) in [5.74, 6) is -11.7. The normalized spacial score (nSPS) is 14.4. The Hall–Kier alpha value is -3.92. The van der Waals surface area contributed by atoms with Gasteiger partial charge in [-0.1, -0.05) is 41.4 Å². The molecule has 11 heteroatoms. The summed E-state index contributed by atoms with van der Waals surface area (Å²) >= 11 is 6.40. The molecule has 1 aliphatic rings. The Morgan fingerprint density at radius 2 is 1.54 bits per heavy atom. The summed E-state index contributed by atoms with van der Waals surface area (Å²) in [6, 6.07) is 10.6. The van der Waals surface area contributed by atoms with Crippen LogP contribution in [0.15, 0.2) is 47.1 Å². The molecule has 0 bridgehead atoms. The van der Waals surface area contributed by atoms with Crippen molar-refractivity contribution in [3.63, 3.8) is 0 Å². The molecule has 0 N–H and O–H groups in total. The molecule has 5 nitrogen and oxygen atoms in total. The topological polar surface area (TPSA) is 51.1 Å². The molecular formula is C26H18ClF5N2O3. The van der Waals surface area contributed by atoms with Crippen molar-refractivity contribution in [2.45, 2.75) is 20.5 Å². The van der Waals surface area contributed by atoms with E-state index in [1.54, 1.807) is 0 Å². The van der Waals surface area contributed by atoms with Gasteiger partial charge in [-0.15, -0.1) is 0 Å². The number of methoxy groups -OCH3 is 1. The molecule has 192 valence electrons. The van der Waals surface area contributed by atoms with Gasteiger partial charge in [0.05, 0.1) is 23.4 Å². The lowest BCUT2D eigenvalue weighted by Gasteiger charge is -2.15. The second-order valence-corrected chi connectivity index (χ2v) is 8.49. The Morgan fingerprint density at radius 1 is 0.946 bits per heavy atom. The van der Waals surface area contributed by atoms with E-state index < -0.39 is 40.7 Å². The first-order valence-corrected chi connectivity index (χ1v) is 11.1. The minimum absolute atomic E-state index is 0.0243. The van der Waals surface area contributed by atoms with Crippen LogP contribution < -0.4 is 14.5 Å². The molecule has 37 heavy (non-hydrogen) atoms. The number of hydrogen-bond donors (Lipinski definition) is 0. The summed E-state index contributed by atoms with van der Waals surface area (Å²) in [4.78, 5) is 12.9. The van der Waals surface area contributed by atoms with Crippen molar-refractivity contribution < 1.29 is 36.2 Å². The molecular weight excluding hydrogens is 519 g/mol. The third kappa shape index (κ3) is 4.89. The Kier molecular flexibility index (Phi) is 7.22. The zero-order valence-electron chi connectivity index (χ0n) is 19.6. The molecule has 0 radical (unpaired) electrons. The monoisotopic (exact) mass is 536 g/mol. The SMILES string of the molecule is COc1cc(/C=C2/C(=O)N(c3c(F)c(F)c(F)c(F)c3F)N=C2C)cc(Cl)c1OCc1ccc(C)cc1. The standard InChI is InChI=1S/C26H18ClF5N2O3/c1-12-4-6-14(7-5-12)11-37-25-17(27)9-15(10-18(25)36-3)8-16-13(2)33-34(26(16)35)24-22(31)20(29)19(28)21(30)23(24)32/h4-10H,11H2,1-3H3/b16-8+. The van der Waals surface area contributed by atoms with Crippen LogP contribution >= 0.6 is 11.6 Å². The highest BCUT2D eigenvalue weighted by molar-refractivity contribution is 6.33. The third-order valence-corrected chi connectivity index (χ3v) is 5.81. The third-order valence-electron chi connectivity index (χ3n) is 5.53. The molecule has 0 saturated carbocycles. The van der Waals surface area contributed by atoms with Gasteiger partial charge in [0.15, 0.2) is 34.8 Å². The molecule has 1 amide bonds. The van der Waals surface area contributed by atoms with Crippen LogP contribution in [0.25, 0.3) is 6.08 Å². The van der Waals surface area contributed by atoms with Crippen LogP contribution in [0.1, 0.15) is 23.6 Å². The highest BCUT2D eigenvalue weighted by atomic mass is 35.5. The Morgan fingerprint density at radius 3 is 2.14 bits per heavy atom. The first-order valence-electron chi connectivity index (χ1n) is 10.7. The van der Waals surface area contributed by atoms with Crippen LogP contribution in [0.5, 0.6) is 11.5 Å². The second-order valence-electron chi connectivity index (χ2n) is 8.09. The highest BCUT2D eigenvalue weighted by Gasteiger charge is 2.37. The first-order chi connectivity index (χ1) is 17.5. The summed E-state index contributed by atoms with van der Waals surface area (Å²) < 4.78 is 80.5. The number of hydrazone groups is 1. The largest absolute Gasteiger partial charge is 0.493 e. The van der Waals surface area contributed by atoms with Gasteiger partial charge >= 0.3 is 0 Å². The number of hydrogen-bond acceptors (Lipinski definition) is 4. The van der Waals surface area contributed by atoms with E-state index in [0.29, 0.717) is 5.56 Å². The van der Waals surface area contributed by atoms with Crippen LogP contribution in [0.2, 0.25) is 5.02 Å². The smallest absolute Gasteiger partial charge is 0.280 e. The van der Waals surface area contributed by atoms with Crippen molar-refractivity contribution in [1.29, 1.82) is 0 Å². The molecule has 0 unspecified atom stereocenters. The number of rotatable bonds is 6. The summed E-state index contributed by atoms with van der Waals surface area (Å²) in [6.45, 7) is 3.51. The number of carbonyl (C=O) groups excluding carboxylic acids is 1. The van der Waals surface area contributed by atoms with Crippen molar-refractivity contribution in [3.05, 3.63) is 92.8 Å². The van der Waals surface area contributed by atoms with Gasteiger partial charge in [-0.25, -0.2) is 22.0 Å². The van der Waals surface area contributed by atoms with Gasteiger partial charge in [0.25, 0.3) is 5.91 Å². The maximum atomic E-state index is 14.3. The molecule has 3 aromatic carbocycles. The molecule has 3 aromatic rings. The number of anilines is 1. The Labute approximate surface area is 213 Å². The molecule has 1 aliphatic heterocycles. The molecule has 0 aliphatic carbocycles. The molecule has 0 fully saturated rings. The summed E-state index contributed by atoms with van der Waals surface area (Å²) in [6.07, 6.45) is 1.30. The van der Waals surface area contributed by atoms with E-state index >= 15 is 0 Å². The molecule has 4 rings (SSSR count). The molecule has 0 aromatic heterocycles. The lowest BCUT2D eigenvalue weighted by molar-refractivity contribution is -0.114. The maximum absolute atomic E-state index is 14.3. The van der Waals surface area contributed by atoms with E-state index in [9.17, 15) is 26.7 Å². The minimum atomic E-state index is -2.34. The van der Waals surface area contributed by atoms with Crippen LogP contribution in [0.3, 0.4) is 0 Å². The van der Waals surface area contributed by atoms with Crippen molar-refractivity contribution in [2.24, 2.45) is 5.10 Å². The number of aryl methyl sites for hydroxylation is 1. The Balaban J connectivity index is 1.65. The van der Waals surface area contributed by atoms with E-state index in [2.05, 4.69) is 5.10 Å². The molecule has 1 heterocycles. The van der Waals surface area contributed by atoms with Crippen LogP contribution in [0.4, 0.5) is 27.6 Å². The number of nitrogens with zero attached hydrogens (tertiary/aromatic N) is 2. The average Bonchev–Trinajstić information content (AvgIpc) is 3.14. The fourth-order valence-corrected chi connectivity index (χ4v) is 3.86. The van der Waals surface area contributed by atoms with E-state index in [0.717, 1.165) is 11.1 Å². The first kappa shape index (κ1) is 26.2. The number of benzene rings is 3. The van der Waals surface area contributed by atoms with Crippen molar-refractivity contribution >= 4 is 35.0 Å². The predicted octanol–water partition coefficient (Wildman–Crippen LogP) is 6.74. The van der Waals surface area contributed by atoms with Gasteiger partial charge in [0, 0.05) is 0 Å². The average molecular weight is 537 g/mol.